The molecule has 18 heavy (non-hydrogen) atoms. The minimum atomic E-state index is -0.960. The van der Waals surface area contributed by atoms with Crippen molar-refractivity contribution in [1.29, 1.82) is 0 Å². The van der Waals surface area contributed by atoms with Gasteiger partial charge in [-0.15, -0.1) is 0 Å². The zero-order valence-electron chi connectivity index (χ0n) is 11.5. The monoisotopic (exact) mass is 250 g/mol. The lowest BCUT2D eigenvalue weighted by molar-refractivity contribution is -0.138. The van der Waals surface area contributed by atoms with Gasteiger partial charge in [0.25, 0.3) is 0 Å². The molecule has 0 heterocycles. The van der Waals surface area contributed by atoms with Crippen LogP contribution in [0.5, 0.6) is 0 Å². The molecule has 1 atom stereocenters. The van der Waals surface area contributed by atoms with E-state index in [4.69, 9.17) is 10.8 Å². The van der Waals surface area contributed by atoms with Gasteiger partial charge in [-0.05, 0) is 50.1 Å². The second-order valence-electron chi connectivity index (χ2n) is 4.93. The number of rotatable bonds is 5. The summed E-state index contributed by atoms with van der Waals surface area (Å²) in [6.07, 6.45) is 0. The van der Waals surface area contributed by atoms with Crippen LogP contribution in [0.15, 0.2) is 12.1 Å². The number of likely N-dealkylation sites (N-methyl/N-ethyl adjacent to an activating group) is 1. The number of nitrogens with two attached hydrogens (primary N) is 1. The first-order valence-electron chi connectivity index (χ1n) is 6.05. The van der Waals surface area contributed by atoms with Gasteiger partial charge in [0.2, 0.25) is 0 Å². The average Bonchev–Trinajstić information content (AvgIpc) is 2.29. The van der Waals surface area contributed by atoms with Crippen molar-refractivity contribution in [3.63, 3.8) is 0 Å². The first-order valence-corrected chi connectivity index (χ1v) is 6.05. The van der Waals surface area contributed by atoms with Gasteiger partial charge in [-0.2, -0.15) is 0 Å². The Kier molecular flexibility index (Phi) is 4.87. The Morgan fingerprint density at radius 1 is 1.33 bits per heavy atom. The normalized spacial score (nSPS) is 12.8. The highest BCUT2D eigenvalue weighted by atomic mass is 16.4. The Balaban J connectivity index is 2.73. The molecule has 0 spiro atoms. The molecule has 3 N–H and O–H groups in total. The molecule has 0 aromatic heterocycles. The van der Waals surface area contributed by atoms with Gasteiger partial charge >= 0.3 is 5.97 Å². The average molecular weight is 250 g/mol. The van der Waals surface area contributed by atoms with Gasteiger partial charge in [0.05, 0.1) is 0 Å². The highest BCUT2D eigenvalue weighted by Crippen LogP contribution is 2.18. The fraction of sp³-hybridized carbons (Fsp3) is 0.500. The minimum Gasteiger partial charge on any atom is -0.480 e. The van der Waals surface area contributed by atoms with Crippen LogP contribution in [0.1, 0.15) is 22.3 Å². The van der Waals surface area contributed by atoms with E-state index < -0.39 is 12.0 Å². The predicted molar refractivity (Wildman–Crippen MR) is 72.6 cm³/mol. The van der Waals surface area contributed by atoms with Crippen LogP contribution in [0.2, 0.25) is 0 Å². The Morgan fingerprint density at radius 2 is 1.94 bits per heavy atom. The number of benzene rings is 1. The predicted octanol–water partition coefficient (Wildman–Crippen LogP) is 1.46. The largest absolute Gasteiger partial charge is 0.480 e. The Labute approximate surface area is 108 Å². The van der Waals surface area contributed by atoms with Crippen LogP contribution in [0.25, 0.3) is 0 Å². The lowest BCUT2D eigenvalue weighted by atomic mass is 9.98. The summed E-state index contributed by atoms with van der Waals surface area (Å²) in [5.74, 6) is -0.960. The summed E-state index contributed by atoms with van der Waals surface area (Å²) in [6, 6.07) is 3.37. The van der Waals surface area contributed by atoms with E-state index in [2.05, 4.69) is 32.9 Å². The standard InChI is InChI=1S/C14H22N2O2/c1-9-5-6-12(11(3)10(9)2)7-16(4)8-13(15)14(17)18/h5-6,13H,7-8,15H2,1-4H3,(H,17,18). The number of nitrogens with zero attached hydrogens (tertiary/aromatic N) is 1. The maximum atomic E-state index is 10.7. The molecule has 1 unspecified atom stereocenters. The van der Waals surface area contributed by atoms with E-state index in [0.29, 0.717) is 13.1 Å². The van der Waals surface area contributed by atoms with Gasteiger partial charge in [-0.1, -0.05) is 12.1 Å². The molecule has 0 radical (unpaired) electrons. The van der Waals surface area contributed by atoms with Gasteiger partial charge < -0.3 is 10.8 Å². The molecule has 0 aliphatic rings. The summed E-state index contributed by atoms with van der Waals surface area (Å²) in [4.78, 5) is 12.6. The topological polar surface area (TPSA) is 66.6 Å². The highest BCUT2D eigenvalue weighted by Gasteiger charge is 2.15. The molecule has 100 valence electrons. The van der Waals surface area contributed by atoms with Crippen molar-refractivity contribution in [3.05, 3.63) is 34.4 Å². The zero-order valence-corrected chi connectivity index (χ0v) is 11.5. The molecule has 1 aromatic carbocycles. The fourth-order valence-corrected chi connectivity index (χ4v) is 1.95. The van der Waals surface area contributed by atoms with Crippen molar-refractivity contribution in [1.82, 2.24) is 4.90 Å². The molecule has 0 bridgehead atoms. The molecule has 0 saturated carbocycles. The van der Waals surface area contributed by atoms with E-state index in [0.717, 1.165) is 0 Å². The number of hydrogen-bond donors (Lipinski definition) is 2. The minimum absolute atomic E-state index is 0.349. The molecule has 0 aliphatic carbocycles. The third-order valence-electron chi connectivity index (χ3n) is 3.44. The molecule has 0 aliphatic heterocycles. The molecule has 4 nitrogen and oxygen atoms in total. The summed E-state index contributed by atoms with van der Waals surface area (Å²) in [7, 11) is 1.89. The Morgan fingerprint density at radius 3 is 2.50 bits per heavy atom. The quantitative estimate of drug-likeness (QED) is 0.830. The number of carboxylic acid groups (broad SMARTS) is 1. The summed E-state index contributed by atoms with van der Waals surface area (Å²) < 4.78 is 0. The van der Waals surface area contributed by atoms with Crippen LogP contribution in [0.4, 0.5) is 0 Å². The number of hydrogen-bond acceptors (Lipinski definition) is 3. The molecule has 4 heteroatoms. The van der Waals surface area contributed by atoms with E-state index in [1.807, 2.05) is 11.9 Å². The van der Waals surface area contributed by atoms with Gasteiger partial charge in [0, 0.05) is 13.1 Å². The number of carbonyl (C=O) groups is 1. The summed E-state index contributed by atoms with van der Waals surface area (Å²) in [5.41, 5.74) is 10.6. The van der Waals surface area contributed by atoms with Crippen molar-refractivity contribution < 1.29 is 9.90 Å². The molecule has 0 fully saturated rings. The van der Waals surface area contributed by atoms with Crippen molar-refractivity contribution in [2.24, 2.45) is 5.73 Å². The lowest BCUT2D eigenvalue weighted by Gasteiger charge is -2.21. The van der Waals surface area contributed by atoms with Crippen molar-refractivity contribution in [2.45, 2.75) is 33.4 Å². The third kappa shape index (κ3) is 3.55. The number of carboxylic acids is 1. The first kappa shape index (κ1) is 14.7. The van der Waals surface area contributed by atoms with Crippen LogP contribution in [0, 0.1) is 20.8 Å². The summed E-state index contributed by atoms with van der Waals surface area (Å²) >= 11 is 0. The van der Waals surface area contributed by atoms with E-state index >= 15 is 0 Å². The Bertz CT molecular complexity index is 444. The van der Waals surface area contributed by atoms with Gasteiger partial charge in [-0.25, -0.2) is 0 Å². The van der Waals surface area contributed by atoms with Gasteiger partial charge in [0.15, 0.2) is 0 Å². The van der Waals surface area contributed by atoms with Crippen molar-refractivity contribution >= 4 is 5.97 Å². The molecular weight excluding hydrogens is 228 g/mol. The van der Waals surface area contributed by atoms with Crippen LogP contribution in [-0.2, 0) is 11.3 Å². The van der Waals surface area contributed by atoms with E-state index in [1.165, 1.54) is 22.3 Å². The molecule has 0 saturated heterocycles. The second-order valence-corrected chi connectivity index (χ2v) is 4.93. The summed E-state index contributed by atoms with van der Waals surface area (Å²) in [5, 5.41) is 8.78. The van der Waals surface area contributed by atoms with Crippen LogP contribution in [-0.4, -0.2) is 35.6 Å². The van der Waals surface area contributed by atoms with Crippen molar-refractivity contribution in [2.75, 3.05) is 13.6 Å². The second kappa shape index (κ2) is 5.98. The Hall–Kier alpha value is -1.39. The van der Waals surface area contributed by atoms with Crippen LogP contribution in [0.3, 0.4) is 0 Å². The fourth-order valence-electron chi connectivity index (χ4n) is 1.95. The van der Waals surface area contributed by atoms with E-state index in [-0.39, 0.29) is 0 Å². The van der Waals surface area contributed by atoms with Gasteiger partial charge in [-0.3, -0.25) is 9.69 Å². The molecule has 1 rings (SSSR count). The molecular formula is C14H22N2O2. The number of aryl methyl sites for hydroxylation is 1. The maximum Gasteiger partial charge on any atom is 0.321 e. The molecule has 1 aromatic rings. The third-order valence-corrected chi connectivity index (χ3v) is 3.44. The lowest BCUT2D eigenvalue weighted by Crippen LogP contribution is -2.40. The first-order chi connectivity index (χ1) is 8.32. The smallest absolute Gasteiger partial charge is 0.321 e. The van der Waals surface area contributed by atoms with E-state index in [9.17, 15) is 4.79 Å². The van der Waals surface area contributed by atoms with E-state index in [1.54, 1.807) is 0 Å². The number of aliphatic carboxylic acids is 1. The summed E-state index contributed by atoms with van der Waals surface area (Å²) in [6.45, 7) is 7.37. The van der Waals surface area contributed by atoms with Crippen LogP contribution >= 0.6 is 0 Å². The van der Waals surface area contributed by atoms with Crippen molar-refractivity contribution in [3.8, 4) is 0 Å². The van der Waals surface area contributed by atoms with Crippen LogP contribution < -0.4 is 5.73 Å². The maximum absolute atomic E-state index is 10.7. The highest BCUT2D eigenvalue weighted by molar-refractivity contribution is 5.73. The molecule has 0 amide bonds. The zero-order chi connectivity index (χ0) is 13.9. The van der Waals surface area contributed by atoms with Gasteiger partial charge in [0.1, 0.15) is 6.04 Å². The SMILES string of the molecule is Cc1ccc(CN(C)CC(N)C(=O)O)c(C)c1C.